The Hall–Kier alpha value is 0.0800. The fraction of sp³-hybridized carbons (Fsp3) is 0.538. The molecule has 1 saturated carbocycles. The molecule has 1 aliphatic carbocycles. The van der Waals surface area contributed by atoms with Crippen molar-refractivity contribution < 1.29 is 0 Å². The van der Waals surface area contributed by atoms with Crippen LogP contribution in [0.4, 0.5) is 0 Å². The van der Waals surface area contributed by atoms with Gasteiger partial charge in [-0.3, -0.25) is 0 Å². The lowest BCUT2D eigenvalue weighted by atomic mass is 9.88. The van der Waals surface area contributed by atoms with Gasteiger partial charge in [-0.25, -0.2) is 0 Å². The van der Waals surface area contributed by atoms with Crippen LogP contribution in [0.3, 0.4) is 0 Å². The summed E-state index contributed by atoms with van der Waals surface area (Å²) >= 11 is 9.58. The van der Waals surface area contributed by atoms with Crippen molar-refractivity contribution in [3.05, 3.63) is 27.4 Å². The van der Waals surface area contributed by atoms with Gasteiger partial charge in [0.05, 0.1) is 4.34 Å². The third kappa shape index (κ3) is 3.54. The summed E-state index contributed by atoms with van der Waals surface area (Å²) in [5.41, 5.74) is 0. The predicted octanol–water partition coefficient (Wildman–Crippen LogP) is 5.34. The Morgan fingerprint density at radius 1 is 1.31 bits per heavy atom. The topological polar surface area (TPSA) is 0 Å². The van der Waals surface area contributed by atoms with Gasteiger partial charge < -0.3 is 0 Å². The van der Waals surface area contributed by atoms with Crippen LogP contribution >= 0.6 is 34.7 Å². The molecule has 0 amide bonds. The third-order valence-corrected chi connectivity index (χ3v) is 5.51. The smallest absolute Gasteiger partial charge is 0.0934 e. The minimum Gasteiger partial charge on any atom is -0.162 e. The van der Waals surface area contributed by atoms with Gasteiger partial charge in [-0.2, -0.15) is 11.8 Å². The summed E-state index contributed by atoms with van der Waals surface area (Å²) < 4.78 is 0.880. The highest BCUT2D eigenvalue weighted by Crippen LogP contribution is 2.32. The van der Waals surface area contributed by atoms with E-state index in [4.69, 9.17) is 11.6 Å². The van der Waals surface area contributed by atoms with Crippen LogP contribution in [0.15, 0.2) is 18.2 Å². The van der Waals surface area contributed by atoms with Crippen LogP contribution in [0.1, 0.15) is 30.6 Å². The van der Waals surface area contributed by atoms with E-state index in [0.29, 0.717) is 0 Å². The van der Waals surface area contributed by atoms with Crippen molar-refractivity contribution in [3.8, 4) is 0 Å². The van der Waals surface area contributed by atoms with Crippen molar-refractivity contribution in [1.29, 1.82) is 0 Å². The lowest BCUT2D eigenvalue weighted by Gasteiger charge is -2.25. The summed E-state index contributed by atoms with van der Waals surface area (Å²) in [5, 5.41) is 0.904. The molecule has 0 spiro atoms. The van der Waals surface area contributed by atoms with Gasteiger partial charge >= 0.3 is 0 Å². The molecule has 1 aliphatic rings. The van der Waals surface area contributed by atoms with E-state index in [2.05, 4.69) is 24.5 Å². The van der Waals surface area contributed by atoms with Crippen LogP contribution in [0, 0.1) is 5.92 Å². The molecule has 0 saturated heterocycles. The second kappa shape index (κ2) is 6.13. The molecule has 0 atom stereocenters. The van der Waals surface area contributed by atoms with E-state index in [0.717, 1.165) is 15.5 Å². The first-order valence-electron chi connectivity index (χ1n) is 5.74. The van der Waals surface area contributed by atoms with Crippen LogP contribution in [0.25, 0.3) is 6.08 Å². The highest BCUT2D eigenvalue weighted by molar-refractivity contribution is 7.99. The monoisotopic (exact) mass is 272 g/mol. The van der Waals surface area contributed by atoms with Crippen LogP contribution < -0.4 is 0 Å². The van der Waals surface area contributed by atoms with Crippen LogP contribution in [-0.4, -0.2) is 11.5 Å². The van der Waals surface area contributed by atoms with Gasteiger partial charge in [-0.1, -0.05) is 17.7 Å². The van der Waals surface area contributed by atoms with Gasteiger partial charge in [0.15, 0.2) is 0 Å². The SMILES string of the molecule is CSC1CCC(/C=C/c2ccc(Cl)s2)CC1. The number of hydrogen-bond donors (Lipinski definition) is 0. The van der Waals surface area contributed by atoms with Gasteiger partial charge in [0, 0.05) is 10.1 Å². The van der Waals surface area contributed by atoms with E-state index >= 15 is 0 Å². The Labute approximate surface area is 111 Å². The fourth-order valence-electron chi connectivity index (χ4n) is 2.17. The van der Waals surface area contributed by atoms with Gasteiger partial charge in [0.2, 0.25) is 0 Å². The summed E-state index contributed by atoms with van der Waals surface area (Å²) in [4.78, 5) is 1.27. The second-order valence-corrected chi connectivity index (χ2v) is 7.16. The van der Waals surface area contributed by atoms with Crippen molar-refractivity contribution in [2.24, 2.45) is 5.92 Å². The van der Waals surface area contributed by atoms with Crippen LogP contribution in [0.5, 0.6) is 0 Å². The molecule has 0 nitrogen and oxygen atoms in total. The molecule has 1 aromatic heterocycles. The lowest BCUT2D eigenvalue weighted by Crippen LogP contribution is -2.14. The van der Waals surface area contributed by atoms with E-state index in [1.807, 2.05) is 17.8 Å². The Bertz CT molecular complexity index is 349. The van der Waals surface area contributed by atoms with Crippen molar-refractivity contribution >= 4 is 40.8 Å². The van der Waals surface area contributed by atoms with Crippen molar-refractivity contribution in [2.45, 2.75) is 30.9 Å². The molecule has 16 heavy (non-hydrogen) atoms. The number of hydrogen-bond acceptors (Lipinski definition) is 2. The zero-order valence-corrected chi connectivity index (χ0v) is 11.9. The van der Waals surface area contributed by atoms with Crippen molar-refractivity contribution in [3.63, 3.8) is 0 Å². The molecule has 3 heteroatoms. The lowest BCUT2D eigenvalue weighted by molar-refractivity contribution is 0.430. The van der Waals surface area contributed by atoms with Crippen LogP contribution in [0.2, 0.25) is 4.34 Å². The largest absolute Gasteiger partial charge is 0.162 e. The summed E-state index contributed by atoms with van der Waals surface area (Å²) in [6.07, 6.45) is 12.3. The third-order valence-electron chi connectivity index (χ3n) is 3.18. The maximum Gasteiger partial charge on any atom is 0.0934 e. The summed E-state index contributed by atoms with van der Waals surface area (Å²) in [7, 11) is 0. The van der Waals surface area contributed by atoms with E-state index < -0.39 is 0 Å². The first kappa shape index (κ1) is 12.5. The van der Waals surface area contributed by atoms with Crippen molar-refractivity contribution in [1.82, 2.24) is 0 Å². The van der Waals surface area contributed by atoms with E-state index in [1.165, 1.54) is 30.6 Å². The second-order valence-electron chi connectivity index (χ2n) is 4.27. The van der Waals surface area contributed by atoms with E-state index in [9.17, 15) is 0 Å². The highest BCUT2D eigenvalue weighted by Gasteiger charge is 2.18. The molecule has 1 heterocycles. The summed E-state index contributed by atoms with van der Waals surface area (Å²) in [5.74, 6) is 0.782. The average molecular weight is 273 g/mol. The zero-order chi connectivity index (χ0) is 11.4. The molecule has 0 aromatic carbocycles. The maximum atomic E-state index is 5.90. The quantitative estimate of drug-likeness (QED) is 0.716. The molecule has 0 N–H and O–H groups in total. The van der Waals surface area contributed by atoms with Gasteiger partial charge in [0.1, 0.15) is 0 Å². The zero-order valence-electron chi connectivity index (χ0n) is 9.49. The number of halogens is 1. The molecule has 2 rings (SSSR count). The number of allylic oxidation sites excluding steroid dienone is 1. The molecule has 1 aromatic rings. The normalized spacial score (nSPS) is 26.4. The molecule has 0 radical (unpaired) electrons. The Morgan fingerprint density at radius 2 is 2.06 bits per heavy atom. The Morgan fingerprint density at radius 3 is 2.62 bits per heavy atom. The summed E-state index contributed by atoms with van der Waals surface area (Å²) in [6.45, 7) is 0. The number of rotatable bonds is 3. The standard InChI is InChI=1S/C13H17ClS2/c1-15-11-5-2-10(3-6-11)4-7-12-8-9-13(14)16-12/h4,7-11H,2-3,5-6H2,1H3/b7-4+. The first-order chi connectivity index (χ1) is 7.78. The fourth-order valence-corrected chi connectivity index (χ4v) is 3.88. The van der Waals surface area contributed by atoms with Gasteiger partial charge in [-0.05, 0) is 56.1 Å². The first-order valence-corrected chi connectivity index (χ1v) is 8.22. The average Bonchev–Trinajstić information content (AvgIpc) is 2.73. The van der Waals surface area contributed by atoms with Crippen molar-refractivity contribution in [2.75, 3.05) is 6.26 Å². The molecule has 1 fully saturated rings. The van der Waals surface area contributed by atoms with E-state index in [-0.39, 0.29) is 0 Å². The number of thioether (sulfide) groups is 1. The molecular formula is C13H17ClS2. The Kier molecular flexibility index (Phi) is 4.80. The highest BCUT2D eigenvalue weighted by atomic mass is 35.5. The minimum absolute atomic E-state index is 0.782. The molecular weight excluding hydrogens is 256 g/mol. The number of thiophene rings is 1. The molecule has 88 valence electrons. The minimum atomic E-state index is 0.782. The molecule has 0 unspecified atom stereocenters. The van der Waals surface area contributed by atoms with Crippen LogP contribution in [-0.2, 0) is 0 Å². The van der Waals surface area contributed by atoms with E-state index in [1.54, 1.807) is 11.3 Å². The van der Waals surface area contributed by atoms with Gasteiger partial charge in [-0.15, -0.1) is 11.3 Å². The molecule has 0 bridgehead atoms. The molecule has 0 aliphatic heterocycles. The van der Waals surface area contributed by atoms with Gasteiger partial charge in [0.25, 0.3) is 0 Å². The summed E-state index contributed by atoms with van der Waals surface area (Å²) in [6, 6.07) is 4.06. The predicted molar refractivity (Wildman–Crippen MR) is 77.6 cm³/mol. The Balaban J connectivity index is 1.84. The maximum absolute atomic E-state index is 5.90.